The molecular weight excluding hydrogens is 546 g/mol. The van der Waals surface area contributed by atoms with Gasteiger partial charge in [-0.1, -0.05) is 19.1 Å². The first-order chi connectivity index (χ1) is 18.6. The van der Waals surface area contributed by atoms with Crippen LogP contribution in [0.15, 0.2) is 40.6 Å². The van der Waals surface area contributed by atoms with E-state index in [9.17, 15) is 13.2 Å². The van der Waals surface area contributed by atoms with Gasteiger partial charge in [0.15, 0.2) is 10.8 Å². The minimum atomic E-state index is -4.04. The van der Waals surface area contributed by atoms with Gasteiger partial charge in [0.2, 0.25) is 10.0 Å². The fourth-order valence-electron chi connectivity index (χ4n) is 4.44. The van der Waals surface area contributed by atoms with Gasteiger partial charge in [-0.25, -0.2) is 27.0 Å². The summed E-state index contributed by atoms with van der Waals surface area (Å²) in [6.45, 7) is 7.97. The molecule has 210 valence electrons. The number of hydrogen-bond donors (Lipinski definition) is 0. The van der Waals surface area contributed by atoms with Crippen molar-refractivity contribution >= 4 is 38.1 Å². The highest BCUT2D eigenvalue weighted by atomic mass is 32.2. The van der Waals surface area contributed by atoms with E-state index in [-0.39, 0.29) is 36.5 Å². The Balaban J connectivity index is 1.70. The molecule has 0 amide bonds. The summed E-state index contributed by atoms with van der Waals surface area (Å²) in [5.74, 6) is -2.44. The van der Waals surface area contributed by atoms with E-state index >= 15 is 8.78 Å². The van der Waals surface area contributed by atoms with Crippen molar-refractivity contribution in [1.82, 2.24) is 14.2 Å². The SMILES string of the molecule is CCCN(c1nc(C(=O)OCC)cs1)c1cc(-c2c(F)cc(S(=O)(=O)N3CCN(C)CC3)cc2F)ccc1C. The second kappa shape index (κ2) is 12.1. The van der Waals surface area contributed by atoms with Crippen LogP contribution >= 0.6 is 11.3 Å². The summed E-state index contributed by atoms with van der Waals surface area (Å²) >= 11 is 1.27. The van der Waals surface area contributed by atoms with E-state index in [4.69, 9.17) is 4.74 Å². The molecule has 0 saturated carbocycles. The molecule has 0 N–H and O–H groups in total. The lowest BCUT2D eigenvalue weighted by Gasteiger charge is -2.31. The molecule has 12 heteroatoms. The average molecular weight is 579 g/mol. The Kier molecular flexibility index (Phi) is 9.00. The average Bonchev–Trinajstić information content (AvgIpc) is 3.38. The standard InChI is InChI=1S/C27H32F2N4O4S2/c1-5-9-33(27-30-23(17-38-27)26(34)37-6-2)24-14-19(8-7-18(24)3)25-21(28)15-20(16-22(25)29)39(35,36)32-12-10-31(4)11-13-32/h7-8,14-17H,5-6,9-13H2,1-4H3. The number of piperazine rings is 1. The Morgan fingerprint density at radius 3 is 2.38 bits per heavy atom. The van der Waals surface area contributed by atoms with Gasteiger partial charge in [0.05, 0.1) is 17.1 Å². The largest absolute Gasteiger partial charge is 0.461 e. The zero-order chi connectivity index (χ0) is 28.3. The molecule has 1 aliphatic rings. The molecule has 1 aliphatic heterocycles. The van der Waals surface area contributed by atoms with Crippen LogP contribution in [0.2, 0.25) is 0 Å². The number of esters is 1. The van der Waals surface area contributed by atoms with Crippen LogP contribution in [-0.4, -0.2) is 75.0 Å². The first-order valence-electron chi connectivity index (χ1n) is 12.8. The minimum absolute atomic E-state index is 0.195. The summed E-state index contributed by atoms with van der Waals surface area (Å²) < 4.78 is 63.3. The molecule has 0 bridgehead atoms. The number of benzene rings is 2. The molecule has 0 aliphatic carbocycles. The quantitative estimate of drug-likeness (QED) is 0.329. The van der Waals surface area contributed by atoms with Crippen LogP contribution in [-0.2, 0) is 14.8 Å². The van der Waals surface area contributed by atoms with E-state index in [0.717, 1.165) is 24.1 Å². The van der Waals surface area contributed by atoms with Crippen LogP contribution in [0.3, 0.4) is 0 Å². The molecule has 0 unspecified atom stereocenters. The molecule has 8 nitrogen and oxygen atoms in total. The van der Waals surface area contributed by atoms with E-state index in [1.54, 1.807) is 30.5 Å². The van der Waals surface area contributed by atoms with Gasteiger partial charge in [0.25, 0.3) is 0 Å². The number of likely N-dealkylation sites (N-methyl/N-ethyl adjacent to an activating group) is 1. The van der Waals surface area contributed by atoms with Crippen molar-refractivity contribution in [1.29, 1.82) is 0 Å². The monoisotopic (exact) mass is 578 g/mol. The normalized spacial score (nSPS) is 14.9. The van der Waals surface area contributed by atoms with Crippen LogP contribution in [0, 0.1) is 18.6 Å². The van der Waals surface area contributed by atoms with Crippen molar-refractivity contribution in [3.63, 3.8) is 0 Å². The number of ether oxygens (including phenoxy) is 1. The number of carbonyl (C=O) groups is 1. The Morgan fingerprint density at radius 1 is 1.10 bits per heavy atom. The van der Waals surface area contributed by atoms with Crippen LogP contribution < -0.4 is 4.90 Å². The van der Waals surface area contributed by atoms with Crippen LogP contribution in [0.1, 0.15) is 36.3 Å². The zero-order valence-corrected chi connectivity index (χ0v) is 24.0. The Hall–Kier alpha value is -2.93. The van der Waals surface area contributed by atoms with Crippen molar-refractivity contribution < 1.29 is 26.7 Å². The van der Waals surface area contributed by atoms with Gasteiger partial charge in [-0.05, 0) is 56.6 Å². The lowest BCUT2D eigenvalue weighted by atomic mass is 10.0. The third-order valence-electron chi connectivity index (χ3n) is 6.56. The number of rotatable bonds is 9. The molecule has 1 aromatic heterocycles. The Morgan fingerprint density at radius 2 is 1.77 bits per heavy atom. The van der Waals surface area contributed by atoms with Gasteiger partial charge in [-0.15, -0.1) is 11.3 Å². The topological polar surface area (TPSA) is 83.0 Å². The van der Waals surface area contributed by atoms with Gasteiger partial charge in [-0.3, -0.25) is 0 Å². The molecule has 39 heavy (non-hydrogen) atoms. The number of halogens is 2. The first kappa shape index (κ1) is 29.1. The van der Waals surface area contributed by atoms with Crippen molar-refractivity contribution in [3.05, 3.63) is 58.6 Å². The highest BCUT2D eigenvalue weighted by Crippen LogP contribution is 2.37. The second-order valence-electron chi connectivity index (χ2n) is 9.36. The lowest BCUT2D eigenvalue weighted by Crippen LogP contribution is -2.47. The molecular formula is C27H32F2N4O4S2. The van der Waals surface area contributed by atoms with Crippen molar-refractivity contribution in [2.75, 3.05) is 51.3 Å². The van der Waals surface area contributed by atoms with E-state index in [1.807, 2.05) is 30.7 Å². The smallest absolute Gasteiger partial charge is 0.357 e. The number of carbonyl (C=O) groups excluding carboxylic acids is 1. The van der Waals surface area contributed by atoms with E-state index in [2.05, 4.69) is 4.98 Å². The maximum Gasteiger partial charge on any atom is 0.357 e. The Bertz CT molecular complexity index is 1430. The number of hydrogen-bond acceptors (Lipinski definition) is 8. The molecule has 0 spiro atoms. The number of nitrogens with zero attached hydrogens (tertiary/aromatic N) is 4. The zero-order valence-electron chi connectivity index (χ0n) is 22.4. The predicted molar refractivity (Wildman–Crippen MR) is 148 cm³/mol. The number of thiazole rings is 1. The third-order valence-corrected chi connectivity index (χ3v) is 9.30. The molecule has 1 saturated heterocycles. The molecule has 2 aromatic carbocycles. The molecule has 0 radical (unpaired) electrons. The maximum absolute atomic E-state index is 15.4. The molecule has 0 atom stereocenters. The van der Waals surface area contributed by atoms with E-state index in [1.165, 1.54) is 15.6 Å². The van der Waals surface area contributed by atoms with E-state index < -0.39 is 32.5 Å². The first-order valence-corrected chi connectivity index (χ1v) is 15.1. The summed E-state index contributed by atoms with van der Waals surface area (Å²) in [5, 5.41) is 2.17. The fraction of sp³-hybridized carbons (Fsp3) is 0.407. The number of sulfonamides is 1. The number of anilines is 2. The van der Waals surface area contributed by atoms with Crippen LogP contribution in [0.4, 0.5) is 19.6 Å². The number of aromatic nitrogens is 1. The maximum atomic E-state index is 15.4. The van der Waals surface area contributed by atoms with Crippen molar-refractivity contribution in [2.24, 2.45) is 0 Å². The molecule has 1 fully saturated rings. The molecule has 4 rings (SSSR count). The summed E-state index contributed by atoms with van der Waals surface area (Å²) in [6.07, 6.45) is 0.750. The van der Waals surface area contributed by atoms with E-state index in [0.29, 0.717) is 30.5 Å². The molecule has 3 aromatic rings. The highest BCUT2D eigenvalue weighted by molar-refractivity contribution is 7.89. The van der Waals surface area contributed by atoms with Gasteiger partial charge in [-0.2, -0.15) is 4.31 Å². The van der Waals surface area contributed by atoms with Gasteiger partial charge >= 0.3 is 5.97 Å². The lowest BCUT2D eigenvalue weighted by molar-refractivity contribution is 0.0520. The van der Waals surface area contributed by atoms with Gasteiger partial charge in [0.1, 0.15) is 11.6 Å². The van der Waals surface area contributed by atoms with Crippen LogP contribution in [0.5, 0.6) is 0 Å². The summed E-state index contributed by atoms with van der Waals surface area (Å²) in [6, 6.07) is 6.79. The summed E-state index contributed by atoms with van der Waals surface area (Å²) in [5.41, 5.74) is 1.66. The van der Waals surface area contributed by atoms with Crippen LogP contribution in [0.25, 0.3) is 11.1 Å². The summed E-state index contributed by atoms with van der Waals surface area (Å²) in [4.78, 5) is 20.1. The minimum Gasteiger partial charge on any atom is -0.461 e. The summed E-state index contributed by atoms with van der Waals surface area (Å²) in [7, 11) is -2.14. The Labute approximate surface area is 231 Å². The second-order valence-corrected chi connectivity index (χ2v) is 12.1. The fourth-order valence-corrected chi connectivity index (χ4v) is 6.72. The van der Waals surface area contributed by atoms with Crippen molar-refractivity contribution in [2.45, 2.75) is 32.1 Å². The van der Waals surface area contributed by atoms with Gasteiger partial charge in [0, 0.05) is 43.8 Å². The van der Waals surface area contributed by atoms with Crippen molar-refractivity contribution in [3.8, 4) is 11.1 Å². The highest BCUT2D eigenvalue weighted by Gasteiger charge is 2.30. The number of aryl methyl sites for hydroxylation is 1. The third kappa shape index (κ3) is 6.13. The predicted octanol–water partition coefficient (Wildman–Crippen LogP) is 5.06. The van der Waals surface area contributed by atoms with Gasteiger partial charge < -0.3 is 14.5 Å². The molecule has 2 heterocycles.